The maximum absolute atomic E-state index is 10.4. The molecule has 3 aromatic rings. The summed E-state index contributed by atoms with van der Waals surface area (Å²) in [5.74, 6) is 0.303. The zero-order valence-electron chi connectivity index (χ0n) is 14.4. The summed E-state index contributed by atoms with van der Waals surface area (Å²) in [7, 11) is 0. The standard InChI is InChI=1S/C22H18BrClN2O/c23-16-10-8-14(9-11-16)22-25-19(15-4-3-5-17(24)12-15)13-20(26-22)18-6-1-2-7-21(18)27/h1-13,20,22,25-27H/p+1. The van der Waals surface area contributed by atoms with Gasteiger partial charge in [0.1, 0.15) is 11.8 Å². The molecule has 3 aromatic carbocycles. The SMILES string of the molecule is Oc1ccccc1C1C=C(c2cccc(Cl)c2)NC(c2ccc(Br)cc2)[NH2+]1. The van der Waals surface area contributed by atoms with Crippen molar-refractivity contribution in [2.24, 2.45) is 0 Å². The normalized spacial score (nSPS) is 19.3. The first kappa shape index (κ1) is 18.1. The molecular weight excluding hydrogens is 424 g/mol. The number of quaternary nitrogens is 1. The molecular formula is C22H19BrClN2O+. The molecule has 3 nitrogen and oxygen atoms in total. The topological polar surface area (TPSA) is 48.9 Å². The Morgan fingerprint density at radius 1 is 0.963 bits per heavy atom. The van der Waals surface area contributed by atoms with E-state index < -0.39 is 0 Å². The lowest BCUT2D eigenvalue weighted by Crippen LogP contribution is -2.89. The molecule has 1 heterocycles. The molecule has 0 spiro atoms. The Hall–Kier alpha value is -2.27. The van der Waals surface area contributed by atoms with Crippen molar-refractivity contribution in [2.75, 3.05) is 0 Å². The zero-order chi connectivity index (χ0) is 18.8. The van der Waals surface area contributed by atoms with Crippen LogP contribution in [-0.4, -0.2) is 5.11 Å². The minimum absolute atomic E-state index is 0.0155. The summed E-state index contributed by atoms with van der Waals surface area (Å²) in [6.07, 6.45) is 2.15. The van der Waals surface area contributed by atoms with Crippen LogP contribution in [0.3, 0.4) is 0 Å². The van der Waals surface area contributed by atoms with Gasteiger partial charge in [0.15, 0.2) is 6.17 Å². The number of hydrogen-bond donors (Lipinski definition) is 3. The summed E-state index contributed by atoms with van der Waals surface area (Å²) < 4.78 is 1.05. The molecule has 0 fully saturated rings. The number of nitrogens with one attached hydrogen (secondary N) is 1. The van der Waals surface area contributed by atoms with Crippen LogP contribution in [0, 0.1) is 0 Å². The Balaban J connectivity index is 1.76. The van der Waals surface area contributed by atoms with Crippen molar-refractivity contribution in [3.63, 3.8) is 0 Å². The molecule has 1 aliphatic heterocycles. The van der Waals surface area contributed by atoms with Crippen LogP contribution in [0.2, 0.25) is 5.02 Å². The van der Waals surface area contributed by atoms with Gasteiger partial charge < -0.3 is 15.7 Å². The van der Waals surface area contributed by atoms with Crippen molar-refractivity contribution in [3.8, 4) is 5.75 Å². The molecule has 0 radical (unpaired) electrons. The van der Waals surface area contributed by atoms with Crippen LogP contribution in [-0.2, 0) is 0 Å². The monoisotopic (exact) mass is 441 g/mol. The van der Waals surface area contributed by atoms with Crippen LogP contribution in [0.1, 0.15) is 28.9 Å². The van der Waals surface area contributed by atoms with Gasteiger partial charge in [-0.25, -0.2) is 0 Å². The average molecular weight is 443 g/mol. The van der Waals surface area contributed by atoms with E-state index in [1.165, 1.54) is 0 Å². The number of hydrogen-bond acceptors (Lipinski definition) is 2. The van der Waals surface area contributed by atoms with E-state index in [1.807, 2.05) is 54.6 Å². The van der Waals surface area contributed by atoms with E-state index in [9.17, 15) is 5.11 Å². The van der Waals surface area contributed by atoms with E-state index >= 15 is 0 Å². The van der Waals surface area contributed by atoms with Crippen molar-refractivity contribution in [2.45, 2.75) is 12.2 Å². The van der Waals surface area contributed by atoms with Crippen LogP contribution < -0.4 is 10.6 Å². The van der Waals surface area contributed by atoms with E-state index in [0.717, 1.165) is 26.9 Å². The van der Waals surface area contributed by atoms with Crippen molar-refractivity contribution >= 4 is 33.2 Å². The van der Waals surface area contributed by atoms with Crippen LogP contribution in [0.5, 0.6) is 5.75 Å². The third-order valence-electron chi connectivity index (χ3n) is 4.72. The Labute approximate surface area is 171 Å². The minimum Gasteiger partial charge on any atom is -0.507 e. The molecule has 136 valence electrons. The largest absolute Gasteiger partial charge is 0.507 e. The number of phenolic OH excluding ortho intramolecular Hbond substituents is 1. The van der Waals surface area contributed by atoms with Crippen molar-refractivity contribution in [3.05, 3.63) is 105 Å². The first-order valence-corrected chi connectivity index (χ1v) is 9.90. The molecule has 4 N–H and O–H groups in total. The third kappa shape index (κ3) is 4.03. The minimum atomic E-state index is -0.0184. The predicted octanol–water partition coefficient (Wildman–Crippen LogP) is 4.76. The summed E-state index contributed by atoms with van der Waals surface area (Å²) >= 11 is 9.70. The molecule has 27 heavy (non-hydrogen) atoms. The molecule has 0 aromatic heterocycles. The quantitative estimate of drug-likeness (QED) is 0.548. The van der Waals surface area contributed by atoms with E-state index in [2.05, 4.69) is 44.8 Å². The highest BCUT2D eigenvalue weighted by Gasteiger charge is 2.29. The van der Waals surface area contributed by atoms with Gasteiger partial charge in [-0.05, 0) is 54.1 Å². The molecule has 2 atom stereocenters. The third-order valence-corrected chi connectivity index (χ3v) is 5.48. The van der Waals surface area contributed by atoms with Gasteiger partial charge in [-0.1, -0.05) is 51.8 Å². The van der Waals surface area contributed by atoms with Crippen LogP contribution in [0.4, 0.5) is 0 Å². The fourth-order valence-electron chi connectivity index (χ4n) is 3.37. The number of halogens is 2. The van der Waals surface area contributed by atoms with Crippen molar-refractivity contribution < 1.29 is 10.4 Å². The lowest BCUT2D eigenvalue weighted by molar-refractivity contribution is -0.731. The van der Waals surface area contributed by atoms with E-state index in [0.29, 0.717) is 10.8 Å². The second-order valence-corrected chi connectivity index (χ2v) is 7.89. The predicted molar refractivity (Wildman–Crippen MR) is 112 cm³/mol. The van der Waals surface area contributed by atoms with E-state index in [-0.39, 0.29) is 12.2 Å². The molecule has 0 saturated carbocycles. The number of phenols is 1. The van der Waals surface area contributed by atoms with Gasteiger partial charge in [0.2, 0.25) is 0 Å². The molecule has 0 saturated heterocycles. The Kier molecular flexibility index (Phi) is 5.21. The second kappa shape index (κ2) is 7.77. The van der Waals surface area contributed by atoms with Crippen LogP contribution in [0.15, 0.2) is 83.3 Å². The number of aromatic hydroxyl groups is 1. The van der Waals surface area contributed by atoms with Gasteiger partial charge in [0, 0.05) is 26.8 Å². The summed E-state index contributed by atoms with van der Waals surface area (Å²) in [5.41, 5.74) is 4.08. The highest BCUT2D eigenvalue weighted by Crippen LogP contribution is 2.29. The maximum Gasteiger partial charge on any atom is 0.186 e. The molecule has 5 heteroatoms. The molecule has 4 rings (SSSR count). The summed E-state index contributed by atoms with van der Waals surface area (Å²) in [6, 6.07) is 23.5. The van der Waals surface area contributed by atoms with Crippen LogP contribution in [0.25, 0.3) is 5.70 Å². The van der Waals surface area contributed by atoms with Gasteiger partial charge in [-0.3, -0.25) is 0 Å². The smallest absolute Gasteiger partial charge is 0.186 e. The second-order valence-electron chi connectivity index (χ2n) is 6.54. The number of benzene rings is 3. The Bertz CT molecular complexity index is 988. The van der Waals surface area contributed by atoms with E-state index in [1.54, 1.807) is 6.07 Å². The molecule has 1 aliphatic rings. The first-order chi connectivity index (χ1) is 13.1. The summed E-state index contributed by atoms with van der Waals surface area (Å²) in [5, 5.41) is 16.9. The zero-order valence-corrected chi connectivity index (χ0v) is 16.8. The fourth-order valence-corrected chi connectivity index (χ4v) is 3.82. The van der Waals surface area contributed by atoms with Crippen molar-refractivity contribution in [1.29, 1.82) is 0 Å². The first-order valence-electron chi connectivity index (χ1n) is 8.73. The van der Waals surface area contributed by atoms with Gasteiger partial charge >= 0.3 is 0 Å². The highest BCUT2D eigenvalue weighted by atomic mass is 79.9. The summed E-state index contributed by atoms with van der Waals surface area (Å²) in [4.78, 5) is 0. The van der Waals surface area contributed by atoms with E-state index in [4.69, 9.17) is 11.6 Å². The van der Waals surface area contributed by atoms with Crippen molar-refractivity contribution in [1.82, 2.24) is 5.32 Å². The number of para-hydroxylation sites is 1. The highest BCUT2D eigenvalue weighted by molar-refractivity contribution is 9.10. The Morgan fingerprint density at radius 3 is 2.48 bits per heavy atom. The lowest BCUT2D eigenvalue weighted by Gasteiger charge is -2.30. The lowest BCUT2D eigenvalue weighted by atomic mass is 9.98. The van der Waals surface area contributed by atoms with Gasteiger partial charge in [0.05, 0.1) is 5.56 Å². The average Bonchev–Trinajstić information content (AvgIpc) is 2.68. The molecule has 2 unspecified atom stereocenters. The van der Waals surface area contributed by atoms with Gasteiger partial charge in [-0.15, -0.1) is 0 Å². The number of rotatable bonds is 3. The van der Waals surface area contributed by atoms with Crippen LogP contribution >= 0.6 is 27.5 Å². The number of nitrogens with two attached hydrogens (primary N) is 1. The Morgan fingerprint density at radius 2 is 1.74 bits per heavy atom. The summed E-state index contributed by atoms with van der Waals surface area (Å²) in [6.45, 7) is 0. The maximum atomic E-state index is 10.4. The van der Waals surface area contributed by atoms with Gasteiger partial charge in [0.25, 0.3) is 0 Å². The molecule has 0 amide bonds. The molecule has 0 aliphatic carbocycles. The fraction of sp³-hybridized carbons (Fsp3) is 0.0909. The van der Waals surface area contributed by atoms with Gasteiger partial charge in [-0.2, -0.15) is 0 Å². The molecule has 0 bridgehead atoms.